The molecule has 0 spiro atoms. The van der Waals surface area contributed by atoms with Gasteiger partial charge in [-0.15, -0.1) is 0 Å². The smallest absolute Gasteiger partial charge is 0.257 e. The third kappa shape index (κ3) is 3.36. The molecule has 0 N–H and O–H groups in total. The van der Waals surface area contributed by atoms with Crippen LogP contribution in [-0.4, -0.2) is 30.1 Å². The van der Waals surface area contributed by atoms with Crippen LogP contribution in [0.1, 0.15) is 29.0 Å². The lowest BCUT2D eigenvalue weighted by Crippen LogP contribution is -2.37. The first-order valence-electron chi connectivity index (χ1n) is 7.42. The molecule has 1 aromatic heterocycles. The number of amides is 1. The fraction of sp³-hybridized carbons (Fsp3) is 0.353. The Morgan fingerprint density at radius 1 is 1.27 bits per heavy atom. The number of carbonyl (C=O) groups excluding carboxylic acids is 1. The van der Waals surface area contributed by atoms with E-state index in [-0.39, 0.29) is 17.6 Å². The molecule has 2 heterocycles. The van der Waals surface area contributed by atoms with Crippen molar-refractivity contribution in [3.05, 3.63) is 59.8 Å². The van der Waals surface area contributed by atoms with Crippen molar-refractivity contribution in [3.63, 3.8) is 0 Å². The maximum atomic E-state index is 13.9. The minimum atomic E-state index is -0.510. The number of ether oxygens (including phenoxy) is 1. The first-order chi connectivity index (χ1) is 10.7. The van der Waals surface area contributed by atoms with Crippen molar-refractivity contribution in [2.24, 2.45) is 0 Å². The summed E-state index contributed by atoms with van der Waals surface area (Å²) in [6, 6.07) is 9.60. The van der Waals surface area contributed by atoms with Gasteiger partial charge in [-0.3, -0.25) is 4.79 Å². The van der Waals surface area contributed by atoms with Crippen molar-refractivity contribution < 1.29 is 18.3 Å². The van der Waals surface area contributed by atoms with Crippen molar-refractivity contribution in [2.45, 2.75) is 25.5 Å². The Kier molecular flexibility index (Phi) is 4.53. The molecule has 2 aromatic rings. The first kappa shape index (κ1) is 14.8. The maximum Gasteiger partial charge on any atom is 0.257 e. The summed E-state index contributed by atoms with van der Waals surface area (Å²) >= 11 is 0. The van der Waals surface area contributed by atoms with Crippen LogP contribution in [0.5, 0.6) is 0 Å². The van der Waals surface area contributed by atoms with Crippen LogP contribution in [0, 0.1) is 5.82 Å². The summed E-state index contributed by atoms with van der Waals surface area (Å²) in [4.78, 5) is 14.3. The zero-order chi connectivity index (χ0) is 15.4. The summed E-state index contributed by atoms with van der Waals surface area (Å²) in [6.45, 7) is 1.46. The number of rotatable bonds is 5. The quantitative estimate of drug-likeness (QED) is 0.851. The molecule has 1 aliphatic rings. The van der Waals surface area contributed by atoms with E-state index in [0.717, 1.165) is 12.8 Å². The average molecular weight is 303 g/mol. The molecule has 0 radical (unpaired) electrons. The predicted octanol–water partition coefficient (Wildman–Crippen LogP) is 3.24. The van der Waals surface area contributed by atoms with Crippen LogP contribution in [0.4, 0.5) is 4.39 Å². The first-order valence-corrected chi connectivity index (χ1v) is 7.42. The third-order valence-corrected chi connectivity index (χ3v) is 3.77. The Morgan fingerprint density at radius 2 is 2.14 bits per heavy atom. The second kappa shape index (κ2) is 6.75. The molecule has 1 saturated heterocycles. The van der Waals surface area contributed by atoms with Gasteiger partial charge in [0.1, 0.15) is 11.6 Å². The van der Waals surface area contributed by atoms with Crippen LogP contribution in [-0.2, 0) is 11.3 Å². The van der Waals surface area contributed by atoms with Crippen molar-refractivity contribution >= 4 is 5.91 Å². The Morgan fingerprint density at radius 3 is 2.82 bits per heavy atom. The molecule has 1 fully saturated rings. The summed E-state index contributed by atoms with van der Waals surface area (Å²) in [5.41, 5.74) is 0.0760. The molecule has 0 bridgehead atoms. The van der Waals surface area contributed by atoms with Crippen molar-refractivity contribution in [1.29, 1.82) is 0 Å². The van der Waals surface area contributed by atoms with Gasteiger partial charge in [-0.2, -0.15) is 0 Å². The monoisotopic (exact) mass is 303 g/mol. The van der Waals surface area contributed by atoms with Crippen LogP contribution < -0.4 is 0 Å². The van der Waals surface area contributed by atoms with E-state index in [1.165, 1.54) is 12.1 Å². The fourth-order valence-electron chi connectivity index (χ4n) is 2.65. The zero-order valence-corrected chi connectivity index (χ0v) is 12.2. The van der Waals surface area contributed by atoms with E-state index >= 15 is 0 Å². The van der Waals surface area contributed by atoms with Crippen molar-refractivity contribution in [1.82, 2.24) is 4.90 Å². The Bertz CT molecular complexity index is 621. The van der Waals surface area contributed by atoms with E-state index in [0.29, 0.717) is 25.5 Å². The van der Waals surface area contributed by atoms with Gasteiger partial charge in [0.05, 0.1) is 24.5 Å². The number of hydrogen-bond donors (Lipinski definition) is 0. The van der Waals surface area contributed by atoms with Crippen LogP contribution >= 0.6 is 0 Å². The molecule has 1 amide bonds. The van der Waals surface area contributed by atoms with Gasteiger partial charge in [0, 0.05) is 13.2 Å². The van der Waals surface area contributed by atoms with Crippen LogP contribution in [0.15, 0.2) is 47.1 Å². The molecule has 0 unspecified atom stereocenters. The lowest BCUT2D eigenvalue weighted by atomic mass is 10.1. The van der Waals surface area contributed by atoms with Crippen molar-refractivity contribution in [3.8, 4) is 0 Å². The molecule has 22 heavy (non-hydrogen) atoms. The maximum absolute atomic E-state index is 13.9. The highest BCUT2D eigenvalue weighted by Gasteiger charge is 2.25. The van der Waals surface area contributed by atoms with Crippen molar-refractivity contribution in [2.75, 3.05) is 13.2 Å². The minimum Gasteiger partial charge on any atom is -0.467 e. The number of nitrogens with zero attached hydrogens (tertiary/aromatic N) is 1. The molecule has 1 atom stereocenters. The zero-order valence-electron chi connectivity index (χ0n) is 12.2. The SMILES string of the molecule is O=C(c1ccccc1F)N(Cc1ccco1)C[C@@H]1CCCO1. The van der Waals surface area contributed by atoms with Gasteiger partial charge in [0.25, 0.3) is 5.91 Å². The van der Waals surface area contributed by atoms with Crippen LogP contribution in [0.2, 0.25) is 0 Å². The van der Waals surface area contributed by atoms with Gasteiger partial charge in [0.15, 0.2) is 0 Å². The lowest BCUT2D eigenvalue weighted by molar-refractivity contribution is 0.0488. The Hall–Kier alpha value is -2.14. The highest BCUT2D eigenvalue weighted by Crippen LogP contribution is 2.18. The molecular weight excluding hydrogens is 285 g/mol. The van der Waals surface area contributed by atoms with E-state index in [1.807, 2.05) is 0 Å². The van der Waals surface area contributed by atoms with Gasteiger partial charge < -0.3 is 14.1 Å². The van der Waals surface area contributed by atoms with Gasteiger partial charge in [-0.1, -0.05) is 12.1 Å². The summed E-state index contributed by atoms with van der Waals surface area (Å²) < 4.78 is 24.8. The van der Waals surface area contributed by atoms with Crippen LogP contribution in [0.3, 0.4) is 0 Å². The summed E-state index contributed by atoms with van der Waals surface area (Å²) in [5, 5.41) is 0. The van der Waals surface area contributed by atoms with Gasteiger partial charge in [-0.05, 0) is 37.1 Å². The van der Waals surface area contributed by atoms with Gasteiger partial charge in [0.2, 0.25) is 0 Å². The summed E-state index contributed by atoms with van der Waals surface area (Å²) in [7, 11) is 0. The molecule has 0 saturated carbocycles. The predicted molar refractivity (Wildman–Crippen MR) is 78.8 cm³/mol. The van der Waals surface area contributed by atoms with E-state index in [2.05, 4.69) is 0 Å². The molecular formula is C17H18FNO3. The molecule has 1 aromatic carbocycles. The minimum absolute atomic E-state index is 0.00526. The van der Waals surface area contributed by atoms with E-state index in [1.54, 1.807) is 35.4 Å². The van der Waals surface area contributed by atoms with Crippen LogP contribution in [0.25, 0.3) is 0 Å². The topological polar surface area (TPSA) is 42.7 Å². The normalized spacial score (nSPS) is 17.6. The average Bonchev–Trinajstić information content (AvgIpc) is 3.20. The lowest BCUT2D eigenvalue weighted by Gasteiger charge is -2.25. The second-order valence-electron chi connectivity index (χ2n) is 5.38. The Balaban J connectivity index is 1.80. The number of halogens is 1. The highest BCUT2D eigenvalue weighted by atomic mass is 19.1. The molecule has 5 heteroatoms. The molecule has 116 valence electrons. The molecule has 1 aliphatic heterocycles. The van der Waals surface area contributed by atoms with E-state index in [4.69, 9.17) is 9.15 Å². The largest absolute Gasteiger partial charge is 0.467 e. The Labute approximate surface area is 128 Å². The van der Waals surface area contributed by atoms with Gasteiger partial charge >= 0.3 is 0 Å². The summed E-state index contributed by atoms with van der Waals surface area (Å²) in [6.07, 6.45) is 3.48. The number of hydrogen-bond acceptors (Lipinski definition) is 3. The molecule has 3 rings (SSSR count). The highest BCUT2D eigenvalue weighted by molar-refractivity contribution is 5.94. The number of furan rings is 1. The third-order valence-electron chi connectivity index (χ3n) is 3.77. The molecule has 4 nitrogen and oxygen atoms in total. The van der Waals surface area contributed by atoms with E-state index < -0.39 is 5.82 Å². The second-order valence-corrected chi connectivity index (χ2v) is 5.38. The number of benzene rings is 1. The van der Waals surface area contributed by atoms with E-state index in [9.17, 15) is 9.18 Å². The number of carbonyl (C=O) groups is 1. The molecule has 0 aliphatic carbocycles. The summed E-state index contributed by atoms with van der Waals surface area (Å²) in [5.74, 6) is -0.183. The standard InChI is InChI=1S/C17H18FNO3/c18-16-8-2-1-7-15(16)17(20)19(11-13-5-3-9-21-13)12-14-6-4-10-22-14/h1-3,5,7-9,14H,4,6,10-12H2/t14-/m0/s1. The fourth-order valence-corrected chi connectivity index (χ4v) is 2.65. The van der Waals surface area contributed by atoms with Gasteiger partial charge in [-0.25, -0.2) is 4.39 Å².